The second-order valence-corrected chi connectivity index (χ2v) is 8.04. The van der Waals surface area contributed by atoms with E-state index in [1.54, 1.807) is 4.90 Å². The summed E-state index contributed by atoms with van der Waals surface area (Å²) in [6.07, 6.45) is 0.568. The van der Waals surface area contributed by atoms with Gasteiger partial charge in [-0.25, -0.2) is 0 Å². The van der Waals surface area contributed by atoms with Gasteiger partial charge in [0.05, 0.1) is 0 Å². The minimum absolute atomic E-state index is 0.0531. The van der Waals surface area contributed by atoms with Gasteiger partial charge < -0.3 is 14.7 Å². The number of amides is 2. The van der Waals surface area contributed by atoms with Crippen LogP contribution in [-0.2, 0) is 16.1 Å². The average molecular weight is 428 g/mol. The van der Waals surface area contributed by atoms with Crippen molar-refractivity contribution in [3.05, 3.63) is 58.6 Å². The van der Waals surface area contributed by atoms with E-state index in [0.717, 1.165) is 28.0 Å². The van der Waals surface area contributed by atoms with E-state index in [9.17, 15) is 9.59 Å². The molecule has 2 aromatic carbocycles. The molecule has 4 rings (SSSR count). The largest absolute Gasteiger partial charge is 0.373 e. The number of carbonyl (C=O) groups excluding carboxylic acids is 2. The minimum Gasteiger partial charge on any atom is -0.373 e. The van der Waals surface area contributed by atoms with Crippen molar-refractivity contribution in [2.24, 2.45) is 5.92 Å². The number of benzene rings is 2. The molecule has 1 unspecified atom stereocenters. The van der Waals surface area contributed by atoms with Crippen molar-refractivity contribution < 1.29 is 9.59 Å². The summed E-state index contributed by atoms with van der Waals surface area (Å²) in [5, 5.41) is 0. The summed E-state index contributed by atoms with van der Waals surface area (Å²) in [6, 6.07) is 15.8. The SMILES string of the molecule is CN1CCN(C(=O)C2CCN(c3cccc(Br)c3)C2=O)Cc2ccccc21. The second kappa shape index (κ2) is 7.35. The first-order valence-corrected chi connectivity index (χ1v) is 9.98. The molecule has 0 aromatic heterocycles. The Morgan fingerprint density at radius 3 is 2.70 bits per heavy atom. The summed E-state index contributed by atoms with van der Waals surface area (Å²) in [6.45, 7) is 2.53. The number of carbonyl (C=O) groups is 2. The van der Waals surface area contributed by atoms with Crippen LogP contribution in [0.15, 0.2) is 53.0 Å². The molecule has 0 bridgehead atoms. The molecule has 140 valence electrons. The molecule has 1 atom stereocenters. The monoisotopic (exact) mass is 427 g/mol. The molecular formula is C21H22BrN3O2. The van der Waals surface area contributed by atoms with Gasteiger partial charge in [0.25, 0.3) is 0 Å². The lowest BCUT2D eigenvalue weighted by Gasteiger charge is -2.24. The zero-order valence-corrected chi connectivity index (χ0v) is 16.9. The fourth-order valence-electron chi connectivity index (χ4n) is 3.91. The maximum absolute atomic E-state index is 13.2. The highest BCUT2D eigenvalue weighted by Gasteiger charge is 2.40. The smallest absolute Gasteiger partial charge is 0.239 e. The first kappa shape index (κ1) is 18.0. The van der Waals surface area contributed by atoms with Crippen LogP contribution < -0.4 is 9.80 Å². The molecule has 2 aliphatic rings. The van der Waals surface area contributed by atoms with Gasteiger partial charge in [0, 0.05) is 49.1 Å². The van der Waals surface area contributed by atoms with Crippen LogP contribution in [0.25, 0.3) is 0 Å². The van der Waals surface area contributed by atoms with Crippen molar-refractivity contribution in [2.75, 3.05) is 36.5 Å². The quantitative estimate of drug-likeness (QED) is 0.690. The van der Waals surface area contributed by atoms with Gasteiger partial charge in [0.15, 0.2) is 0 Å². The fourth-order valence-corrected chi connectivity index (χ4v) is 4.30. The highest BCUT2D eigenvalue weighted by molar-refractivity contribution is 9.10. The molecule has 0 radical (unpaired) electrons. The van der Waals surface area contributed by atoms with Crippen LogP contribution >= 0.6 is 15.9 Å². The van der Waals surface area contributed by atoms with E-state index >= 15 is 0 Å². The minimum atomic E-state index is -0.584. The summed E-state index contributed by atoms with van der Waals surface area (Å²) in [7, 11) is 2.04. The third-order valence-electron chi connectivity index (χ3n) is 5.40. The Kier molecular flexibility index (Phi) is 4.91. The van der Waals surface area contributed by atoms with E-state index < -0.39 is 5.92 Å². The molecule has 2 heterocycles. The number of anilines is 2. The number of nitrogens with zero attached hydrogens (tertiary/aromatic N) is 3. The summed E-state index contributed by atoms with van der Waals surface area (Å²) in [5.41, 5.74) is 3.12. The number of hydrogen-bond donors (Lipinski definition) is 0. The van der Waals surface area contributed by atoms with E-state index in [1.165, 1.54) is 0 Å². The number of likely N-dealkylation sites (N-methyl/N-ethyl adjacent to an activating group) is 1. The third-order valence-corrected chi connectivity index (χ3v) is 5.90. The van der Waals surface area contributed by atoms with Crippen LogP contribution in [0, 0.1) is 5.92 Å². The van der Waals surface area contributed by atoms with Gasteiger partial charge in [-0.05, 0) is 36.2 Å². The summed E-state index contributed by atoms with van der Waals surface area (Å²) in [5.74, 6) is -0.730. The normalized spacial score (nSPS) is 19.9. The standard InChI is InChI=1S/C21H22BrN3O2/c1-23-11-12-24(14-15-5-2-3-8-19(15)23)20(26)18-9-10-25(21(18)27)17-7-4-6-16(22)13-17/h2-8,13,18H,9-12,14H2,1H3. The zero-order valence-electron chi connectivity index (χ0n) is 15.3. The predicted octanol–water partition coefficient (Wildman–Crippen LogP) is 3.28. The van der Waals surface area contributed by atoms with Gasteiger partial charge in [0.2, 0.25) is 11.8 Å². The van der Waals surface area contributed by atoms with Crippen molar-refractivity contribution in [3.63, 3.8) is 0 Å². The second-order valence-electron chi connectivity index (χ2n) is 7.12. The van der Waals surface area contributed by atoms with Gasteiger partial charge >= 0.3 is 0 Å². The molecule has 6 heteroatoms. The molecule has 0 aliphatic carbocycles. The molecule has 0 N–H and O–H groups in total. The molecular weight excluding hydrogens is 406 g/mol. The van der Waals surface area contributed by atoms with E-state index in [1.807, 2.05) is 48.3 Å². The van der Waals surface area contributed by atoms with Crippen molar-refractivity contribution in [3.8, 4) is 0 Å². The Bertz CT molecular complexity index is 885. The van der Waals surface area contributed by atoms with Crippen LogP contribution in [0.2, 0.25) is 0 Å². The lowest BCUT2D eigenvalue weighted by molar-refractivity contribution is -0.140. The number of rotatable bonds is 2. The van der Waals surface area contributed by atoms with Gasteiger partial charge in [-0.2, -0.15) is 0 Å². The van der Waals surface area contributed by atoms with Gasteiger partial charge in [-0.3, -0.25) is 9.59 Å². The molecule has 2 amide bonds. The van der Waals surface area contributed by atoms with Crippen LogP contribution in [-0.4, -0.2) is 43.4 Å². The van der Waals surface area contributed by atoms with Crippen LogP contribution in [0.5, 0.6) is 0 Å². The number of para-hydroxylation sites is 1. The van der Waals surface area contributed by atoms with Gasteiger partial charge in [-0.1, -0.05) is 40.2 Å². The first-order chi connectivity index (χ1) is 13.0. The maximum Gasteiger partial charge on any atom is 0.239 e. The third kappa shape index (κ3) is 3.46. The number of hydrogen-bond acceptors (Lipinski definition) is 3. The van der Waals surface area contributed by atoms with Crippen molar-refractivity contribution in [1.29, 1.82) is 0 Å². The number of fused-ring (bicyclic) bond motifs is 1. The van der Waals surface area contributed by atoms with E-state index in [4.69, 9.17) is 0 Å². The van der Waals surface area contributed by atoms with Crippen LogP contribution in [0.1, 0.15) is 12.0 Å². The van der Waals surface area contributed by atoms with Crippen LogP contribution in [0.3, 0.4) is 0 Å². The molecule has 0 spiro atoms. The molecule has 5 nitrogen and oxygen atoms in total. The Morgan fingerprint density at radius 2 is 1.89 bits per heavy atom. The highest BCUT2D eigenvalue weighted by atomic mass is 79.9. The molecule has 27 heavy (non-hydrogen) atoms. The lowest BCUT2D eigenvalue weighted by Crippen LogP contribution is -2.41. The molecule has 1 fully saturated rings. The summed E-state index contributed by atoms with van der Waals surface area (Å²) >= 11 is 3.45. The molecule has 0 saturated carbocycles. The van der Waals surface area contributed by atoms with E-state index in [2.05, 4.69) is 33.0 Å². The van der Waals surface area contributed by atoms with E-state index in [0.29, 0.717) is 26.1 Å². The Hall–Kier alpha value is -2.34. The first-order valence-electron chi connectivity index (χ1n) is 9.19. The molecule has 2 aromatic rings. The van der Waals surface area contributed by atoms with Gasteiger partial charge in [0.1, 0.15) is 5.92 Å². The molecule has 1 saturated heterocycles. The van der Waals surface area contributed by atoms with Crippen LogP contribution in [0.4, 0.5) is 11.4 Å². The number of halogens is 1. The van der Waals surface area contributed by atoms with Crippen molar-refractivity contribution >= 4 is 39.1 Å². The fraction of sp³-hybridized carbons (Fsp3) is 0.333. The summed E-state index contributed by atoms with van der Waals surface area (Å²) in [4.78, 5) is 31.9. The summed E-state index contributed by atoms with van der Waals surface area (Å²) < 4.78 is 0.926. The van der Waals surface area contributed by atoms with E-state index in [-0.39, 0.29) is 11.8 Å². The Morgan fingerprint density at radius 1 is 1.07 bits per heavy atom. The highest BCUT2D eigenvalue weighted by Crippen LogP contribution is 2.30. The molecule has 2 aliphatic heterocycles. The predicted molar refractivity (Wildman–Crippen MR) is 110 cm³/mol. The lowest BCUT2D eigenvalue weighted by atomic mass is 10.1. The topological polar surface area (TPSA) is 43.9 Å². The zero-order chi connectivity index (χ0) is 19.0. The average Bonchev–Trinajstić information content (AvgIpc) is 2.97. The maximum atomic E-state index is 13.2. The Labute approximate surface area is 167 Å². The van der Waals surface area contributed by atoms with Crippen molar-refractivity contribution in [1.82, 2.24) is 4.90 Å². The van der Waals surface area contributed by atoms with Crippen molar-refractivity contribution in [2.45, 2.75) is 13.0 Å². The van der Waals surface area contributed by atoms with Gasteiger partial charge in [-0.15, -0.1) is 0 Å². The Balaban J connectivity index is 1.53.